The molecule has 2 aliphatic heterocycles. The Morgan fingerprint density at radius 1 is 0.867 bits per heavy atom. The molecule has 226 valence electrons. The summed E-state index contributed by atoms with van der Waals surface area (Å²) < 4.78 is 30.7. The van der Waals surface area contributed by atoms with Gasteiger partial charge >= 0.3 is 0 Å². The largest absolute Gasteiger partial charge is 0.493 e. The van der Waals surface area contributed by atoms with Crippen molar-refractivity contribution in [2.75, 3.05) is 25.7 Å². The zero-order chi connectivity index (χ0) is 31.5. The zero-order valence-electron chi connectivity index (χ0n) is 24.3. The summed E-state index contributed by atoms with van der Waals surface area (Å²) in [6.07, 6.45) is 0.328. The molecule has 1 aromatic heterocycles. The third-order valence-electron chi connectivity index (χ3n) is 8.52. The van der Waals surface area contributed by atoms with Crippen molar-refractivity contribution in [1.82, 2.24) is 4.90 Å². The minimum absolute atomic E-state index is 0.0476. The highest BCUT2D eigenvalue weighted by Crippen LogP contribution is 2.53. The van der Waals surface area contributed by atoms with Gasteiger partial charge in [0.25, 0.3) is 11.8 Å². The van der Waals surface area contributed by atoms with Gasteiger partial charge in [-0.1, -0.05) is 48.0 Å². The topological polar surface area (TPSA) is 89.3 Å². The van der Waals surface area contributed by atoms with Gasteiger partial charge in [0.1, 0.15) is 11.4 Å². The number of nitrogens with zero attached hydrogens (tertiary/aromatic N) is 2. The molecule has 0 bridgehead atoms. The molecule has 45 heavy (non-hydrogen) atoms. The van der Waals surface area contributed by atoms with E-state index in [0.717, 1.165) is 5.56 Å². The third kappa shape index (κ3) is 4.29. The summed E-state index contributed by atoms with van der Waals surface area (Å²) in [5.41, 5.74) is 0.335. The Hall–Kier alpha value is -5.15. The molecule has 0 radical (unpaired) electrons. The number of halogens is 2. The number of hydrogen-bond acceptors (Lipinski definition) is 6. The number of methoxy groups -OCH3 is 2. The van der Waals surface area contributed by atoms with Crippen LogP contribution in [-0.2, 0) is 23.3 Å². The Bertz CT molecular complexity index is 2080. The molecule has 2 aliphatic rings. The Kier molecular flexibility index (Phi) is 6.85. The fourth-order valence-corrected chi connectivity index (χ4v) is 6.64. The molecule has 2 amide bonds. The highest BCUT2D eigenvalue weighted by Gasteiger charge is 2.64. The molecular weight excluding hydrogens is 599 g/mol. The van der Waals surface area contributed by atoms with Gasteiger partial charge in [0.15, 0.2) is 22.5 Å². The van der Waals surface area contributed by atoms with E-state index in [1.54, 1.807) is 55.6 Å². The number of rotatable bonds is 7. The molecule has 0 fully saturated rings. The minimum Gasteiger partial charge on any atom is -0.493 e. The maximum atomic E-state index is 14.9. The molecule has 0 N–H and O–H groups in total. The van der Waals surface area contributed by atoms with Crippen molar-refractivity contribution in [3.05, 3.63) is 134 Å². The monoisotopic (exact) mass is 624 g/mol. The Morgan fingerprint density at radius 2 is 1.60 bits per heavy atom. The van der Waals surface area contributed by atoms with E-state index < -0.39 is 28.6 Å². The smallest absolute Gasteiger partial charge is 0.291 e. The molecule has 10 heteroatoms. The van der Waals surface area contributed by atoms with Crippen molar-refractivity contribution in [3.8, 4) is 11.5 Å². The van der Waals surface area contributed by atoms with E-state index in [2.05, 4.69) is 0 Å². The second kappa shape index (κ2) is 10.8. The summed E-state index contributed by atoms with van der Waals surface area (Å²) >= 11 is 6.27. The summed E-state index contributed by atoms with van der Waals surface area (Å²) in [5.74, 6) is -0.572. The average molecular weight is 625 g/mol. The number of hydrogen-bond donors (Lipinski definition) is 0. The molecule has 0 saturated heterocycles. The molecule has 5 aromatic rings. The molecule has 0 aliphatic carbocycles. The standard InChI is InChI=1S/C35H26ClFN2O6/c1-43-28-13-9-20(17-29(28)44-2)15-16-39-33(41)32-30(31(40)24-18-22(36)10-14-27(24)45-32)35(39)25-5-3-4-6-26(25)38(34(35)42)19-21-7-11-23(37)12-8-21/h3-14,17-18H,15-16,19H2,1-2H3. The summed E-state index contributed by atoms with van der Waals surface area (Å²) in [6.45, 7) is 0.162. The average Bonchev–Trinajstić information content (AvgIpc) is 3.44. The van der Waals surface area contributed by atoms with Crippen LogP contribution in [0.4, 0.5) is 10.1 Å². The predicted molar refractivity (Wildman–Crippen MR) is 167 cm³/mol. The summed E-state index contributed by atoms with van der Waals surface area (Å²) in [7, 11) is 3.08. The maximum absolute atomic E-state index is 14.9. The highest BCUT2D eigenvalue weighted by molar-refractivity contribution is 6.31. The fraction of sp³-hybridized carbons (Fsp3) is 0.171. The normalized spacial score (nSPS) is 16.9. The molecule has 3 heterocycles. The van der Waals surface area contributed by atoms with Gasteiger partial charge in [-0.2, -0.15) is 0 Å². The second-order valence-electron chi connectivity index (χ2n) is 10.9. The molecule has 0 saturated carbocycles. The third-order valence-corrected chi connectivity index (χ3v) is 8.76. The van der Waals surface area contributed by atoms with Gasteiger partial charge in [0.05, 0.1) is 37.4 Å². The van der Waals surface area contributed by atoms with Gasteiger partial charge in [0.2, 0.25) is 5.76 Å². The molecule has 4 aromatic carbocycles. The van der Waals surface area contributed by atoms with Gasteiger partial charge in [-0.3, -0.25) is 14.4 Å². The quantitative estimate of drug-likeness (QED) is 0.218. The van der Waals surface area contributed by atoms with Crippen LogP contribution in [0.5, 0.6) is 11.5 Å². The first-order valence-corrected chi connectivity index (χ1v) is 14.6. The number of benzene rings is 4. The maximum Gasteiger partial charge on any atom is 0.291 e. The van der Waals surface area contributed by atoms with E-state index in [1.807, 2.05) is 12.1 Å². The molecule has 1 spiro atoms. The van der Waals surface area contributed by atoms with Crippen molar-refractivity contribution in [3.63, 3.8) is 0 Å². The number of carbonyl (C=O) groups excluding carboxylic acids is 2. The number of ether oxygens (including phenoxy) is 2. The molecule has 1 atom stereocenters. The Balaban J connectivity index is 1.42. The van der Waals surface area contributed by atoms with E-state index in [1.165, 1.54) is 41.2 Å². The first-order chi connectivity index (χ1) is 21.8. The van der Waals surface area contributed by atoms with Crippen molar-refractivity contribution < 1.29 is 27.9 Å². The van der Waals surface area contributed by atoms with Gasteiger partial charge in [-0.15, -0.1) is 0 Å². The van der Waals surface area contributed by atoms with Crippen LogP contribution in [-0.4, -0.2) is 37.5 Å². The van der Waals surface area contributed by atoms with Crippen molar-refractivity contribution in [1.29, 1.82) is 0 Å². The molecular formula is C35H26ClFN2O6. The summed E-state index contributed by atoms with van der Waals surface area (Å²) in [6, 6.07) is 23.0. The van der Waals surface area contributed by atoms with E-state index in [-0.39, 0.29) is 35.4 Å². The fourth-order valence-electron chi connectivity index (χ4n) is 6.47. The lowest BCUT2D eigenvalue weighted by atomic mass is 9.83. The lowest BCUT2D eigenvalue weighted by Crippen LogP contribution is -2.53. The van der Waals surface area contributed by atoms with Gasteiger partial charge < -0.3 is 23.7 Å². The number of amides is 2. The van der Waals surface area contributed by atoms with Gasteiger partial charge in [0, 0.05) is 17.1 Å². The first kappa shape index (κ1) is 28.6. The van der Waals surface area contributed by atoms with Crippen LogP contribution in [0.2, 0.25) is 5.02 Å². The number of carbonyl (C=O) groups is 2. The van der Waals surface area contributed by atoms with Crippen LogP contribution in [0.1, 0.15) is 32.8 Å². The van der Waals surface area contributed by atoms with E-state index in [9.17, 15) is 18.8 Å². The lowest BCUT2D eigenvalue weighted by molar-refractivity contribution is -0.126. The van der Waals surface area contributed by atoms with E-state index in [0.29, 0.717) is 39.8 Å². The van der Waals surface area contributed by atoms with Crippen LogP contribution in [0.15, 0.2) is 94.1 Å². The molecule has 7 rings (SSSR count). The Labute approximate surface area is 262 Å². The van der Waals surface area contributed by atoms with E-state index >= 15 is 0 Å². The van der Waals surface area contributed by atoms with Gasteiger partial charge in [-0.05, 0) is 66.1 Å². The SMILES string of the molecule is COc1ccc(CCN2C(=O)c3oc4ccc(Cl)cc4c(=O)c3C23C(=O)N(Cc2ccc(F)cc2)c2ccccc23)cc1OC. The van der Waals surface area contributed by atoms with Crippen LogP contribution in [0.25, 0.3) is 11.0 Å². The molecule has 8 nitrogen and oxygen atoms in total. The minimum atomic E-state index is -1.81. The van der Waals surface area contributed by atoms with E-state index in [4.69, 9.17) is 25.5 Å². The van der Waals surface area contributed by atoms with Crippen LogP contribution >= 0.6 is 11.6 Å². The number of fused-ring (bicyclic) bond motifs is 5. The van der Waals surface area contributed by atoms with Crippen LogP contribution in [0.3, 0.4) is 0 Å². The highest BCUT2D eigenvalue weighted by atomic mass is 35.5. The predicted octanol–water partition coefficient (Wildman–Crippen LogP) is 6.09. The van der Waals surface area contributed by atoms with Crippen molar-refractivity contribution in [2.24, 2.45) is 0 Å². The van der Waals surface area contributed by atoms with Crippen molar-refractivity contribution in [2.45, 2.75) is 18.5 Å². The Morgan fingerprint density at radius 3 is 2.36 bits per heavy atom. The van der Waals surface area contributed by atoms with Crippen LogP contribution in [0, 0.1) is 5.82 Å². The van der Waals surface area contributed by atoms with Gasteiger partial charge in [-0.25, -0.2) is 4.39 Å². The van der Waals surface area contributed by atoms with Crippen LogP contribution < -0.4 is 19.8 Å². The first-order valence-electron chi connectivity index (χ1n) is 14.2. The summed E-state index contributed by atoms with van der Waals surface area (Å²) in [5, 5.41) is 0.479. The zero-order valence-corrected chi connectivity index (χ0v) is 25.1. The lowest BCUT2D eigenvalue weighted by Gasteiger charge is -2.34. The molecule has 1 unspecified atom stereocenters. The van der Waals surface area contributed by atoms with Crippen molar-refractivity contribution >= 4 is 40.1 Å². The summed E-state index contributed by atoms with van der Waals surface area (Å²) in [4.78, 5) is 46.6. The second-order valence-corrected chi connectivity index (χ2v) is 11.4. The number of para-hydroxylation sites is 1. The number of anilines is 1.